The predicted octanol–water partition coefficient (Wildman–Crippen LogP) is 3.61. The average Bonchev–Trinajstić information content (AvgIpc) is 2.41. The molecule has 1 aliphatic rings. The number of rotatable bonds is 4. The van der Waals surface area contributed by atoms with Gasteiger partial charge >= 0.3 is 0 Å². The maximum Gasteiger partial charge on any atom is 0.279 e. The van der Waals surface area contributed by atoms with Gasteiger partial charge in [0.1, 0.15) is 0 Å². The third-order valence-corrected chi connectivity index (χ3v) is 4.54. The third-order valence-electron chi connectivity index (χ3n) is 3.99. The summed E-state index contributed by atoms with van der Waals surface area (Å²) in [6.45, 7) is 0.448. The molecule has 0 radical (unpaired) electrons. The van der Waals surface area contributed by atoms with Crippen LogP contribution in [0.1, 0.15) is 44.9 Å². The first-order chi connectivity index (χ1) is 10.1. The van der Waals surface area contributed by atoms with Crippen LogP contribution in [0.4, 0.5) is 5.69 Å². The lowest BCUT2D eigenvalue weighted by Gasteiger charge is -2.18. The maximum absolute atomic E-state index is 12.0. The van der Waals surface area contributed by atoms with E-state index in [1.165, 1.54) is 44.9 Å². The van der Waals surface area contributed by atoms with E-state index >= 15 is 0 Å². The Balaban J connectivity index is 1.78. The molecule has 0 heterocycles. The van der Waals surface area contributed by atoms with Crippen LogP contribution >= 0.6 is 23.2 Å². The van der Waals surface area contributed by atoms with Crippen molar-refractivity contribution in [2.45, 2.75) is 51.0 Å². The molecular weight excluding hydrogens is 307 g/mol. The van der Waals surface area contributed by atoms with E-state index < -0.39 is 0 Å². The van der Waals surface area contributed by atoms with E-state index in [1.54, 1.807) is 18.2 Å². The molecule has 1 aromatic carbocycles. The lowest BCUT2D eigenvalue weighted by molar-refractivity contribution is -0.680. The largest absolute Gasteiger partial charge is 0.336 e. The lowest BCUT2D eigenvalue weighted by Crippen LogP contribution is -2.91. The van der Waals surface area contributed by atoms with E-state index in [2.05, 4.69) is 10.6 Å². The van der Waals surface area contributed by atoms with Crippen LogP contribution < -0.4 is 10.6 Å². The second kappa shape index (κ2) is 8.62. The normalized spacial score (nSPS) is 17.0. The Morgan fingerprint density at radius 2 is 1.81 bits per heavy atom. The van der Waals surface area contributed by atoms with Crippen LogP contribution in [-0.4, -0.2) is 18.5 Å². The van der Waals surface area contributed by atoms with E-state index in [1.807, 2.05) is 0 Å². The van der Waals surface area contributed by atoms with Crippen molar-refractivity contribution >= 4 is 34.8 Å². The Kier molecular flexibility index (Phi) is 6.81. The number of quaternary nitrogens is 1. The van der Waals surface area contributed by atoms with Gasteiger partial charge in [-0.1, -0.05) is 42.5 Å². The second-order valence-electron chi connectivity index (χ2n) is 5.72. The first kappa shape index (κ1) is 16.6. The van der Waals surface area contributed by atoms with Gasteiger partial charge in [0.05, 0.1) is 16.8 Å². The van der Waals surface area contributed by atoms with E-state index in [-0.39, 0.29) is 5.91 Å². The number of anilines is 1. The summed E-state index contributed by atoms with van der Waals surface area (Å²) in [6.07, 6.45) is 9.03. The molecule has 3 nitrogen and oxygen atoms in total. The second-order valence-corrected chi connectivity index (χ2v) is 6.56. The molecule has 21 heavy (non-hydrogen) atoms. The minimum atomic E-state index is -0.0127. The first-order valence-electron chi connectivity index (χ1n) is 7.73. The zero-order valence-electron chi connectivity index (χ0n) is 12.2. The summed E-state index contributed by atoms with van der Waals surface area (Å²) in [5.41, 5.74) is 0.622. The Hall–Kier alpha value is -0.770. The average molecular weight is 330 g/mol. The van der Waals surface area contributed by atoms with Crippen molar-refractivity contribution in [2.24, 2.45) is 0 Å². The molecule has 1 aliphatic carbocycles. The third kappa shape index (κ3) is 5.85. The van der Waals surface area contributed by atoms with Gasteiger partial charge in [0, 0.05) is 5.02 Å². The molecule has 1 fully saturated rings. The van der Waals surface area contributed by atoms with E-state index in [9.17, 15) is 4.79 Å². The van der Waals surface area contributed by atoms with Crippen LogP contribution in [0.15, 0.2) is 18.2 Å². The standard InChI is InChI=1S/C16H22Cl2N2O/c17-12-8-9-15(14(18)10-12)20-16(21)11-19-13-6-4-2-1-3-5-7-13/h8-10,13,19H,1-7,11H2,(H,20,21)/p+1. The van der Waals surface area contributed by atoms with Crippen molar-refractivity contribution in [1.29, 1.82) is 0 Å². The number of nitrogens with one attached hydrogen (secondary N) is 1. The molecule has 116 valence electrons. The lowest BCUT2D eigenvalue weighted by atomic mass is 9.97. The fourth-order valence-corrected chi connectivity index (χ4v) is 3.24. The van der Waals surface area contributed by atoms with Crippen molar-refractivity contribution in [2.75, 3.05) is 11.9 Å². The van der Waals surface area contributed by atoms with Crippen LogP contribution in [0.5, 0.6) is 0 Å². The van der Waals surface area contributed by atoms with Crippen LogP contribution in [-0.2, 0) is 4.79 Å². The van der Waals surface area contributed by atoms with E-state index in [4.69, 9.17) is 23.2 Å². The van der Waals surface area contributed by atoms with Crippen LogP contribution in [0.3, 0.4) is 0 Å². The molecule has 5 heteroatoms. The number of halogens is 2. The van der Waals surface area contributed by atoms with Crippen molar-refractivity contribution < 1.29 is 10.1 Å². The molecule has 0 aromatic heterocycles. The number of hydrogen-bond donors (Lipinski definition) is 2. The SMILES string of the molecule is O=C(C[NH2+]C1CCCCCCC1)Nc1ccc(Cl)cc1Cl. The van der Waals surface area contributed by atoms with Gasteiger partial charge in [0.25, 0.3) is 5.91 Å². The quantitative estimate of drug-likeness (QED) is 0.870. The van der Waals surface area contributed by atoms with Gasteiger partial charge in [-0.15, -0.1) is 0 Å². The van der Waals surface area contributed by atoms with Crippen molar-refractivity contribution in [3.8, 4) is 0 Å². The van der Waals surface area contributed by atoms with Crippen molar-refractivity contribution in [3.63, 3.8) is 0 Å². The summed E-state index contributed by atoms with van der Waals surface area (Å²) < 4.78 is 0. The summed E-state index contributed by atoms with van der Waals surface area (Å²) in [5.74, 6) is -0.0127. The molecule has 2 rings (SSSR count). The summed E-state index contributed by atoms with van der Waals surface area (Å²) in [5, 5.41) is 6.06. The van der Waals surface area contributed by atoms with E-state index in [0.717, 1.165) is 0 Å². The van der Waals surface area contributed by atoms with Gasteiger partial charge in [-0.25, -0.2) is 0 Å². The molecule has 1 saturated carbocycles. The zero-order valence-corrected chi connectivity index (χ0v) is 13.7. The summed E-state index contributed by atoms with van der Waals surface area (Å²) in [4.78, 5) is 12.0. The highest BCUT2D eigenvalue weighted by Gasteiger charge is 2.16. The maximum atomic E-state index is 12.0. The van der Waals surface area contributed by atoms with Crippen LogP contribution in [0.25, 0.3) is 0 Å². The highest BCUT2D eigenvalue weighted by atomic mass is 35.5. The number of carbonyl (C=O) groups is 1. The Bertz CT molecular complexity index is 471. The van der Waals surface area contributed by atoms with Gasteiger partial charge in [0.15, 0.2) is 6.54 Å². The number of benzene rings is 1. The summed E-state index contributed by atoms with van der Waals surface area (Å²) in [7, 11) is 0. The fraction of sp³-hybridized carbons (Fsp3) is 0.562. The van der Waals surface area contributed by atoms with Gasteiger partial charge in [0.2, 0.25) is 0 Å². The first-order valence-corrected chi connectivity index (χ1v) is 8.49. The summed E-state index contributed by atoms with van der Waals surface area (Å²) in [6, 6.07) is 5.67. The fourth-order valence-electron chi connectivity index (χ4n) is 2.79. The monoisotopic (exact) mass is 329 g/mol. The van der Waals surface area contributed by atoms with Gasteiger partial charge in [-0.3, -0.25) is 4.79 Å². The molecule has 0 saturated heterocycles. The van der Waals surface area contributed by atoms with Gasteiger partial charge in [-0.05, 0) is 43.9 Å². The molecule has 0 spiro atoms. The smallest absolute Gasteiger partial charge is 0.279 e. The molecule has 1 aromatic rings. The molecule has 0 unspecified atom stereocenters. The molecule has 3 N–H and O–H groups in total. The van der Waals surface area contributed by atoms with Crippen LogP contribution in [0, 0.1) is 0 Å². The summed E-state index contributed by atoms with van der Waals surface area (Å²) >= 11 is 11.9. The molecule has 0 atom stereocenters. The van der Waals surface area contributed by atoms with Gasteiger partial charge in [-0.2, -0.15) is 0 Å². The molecule has 1 amide bonds. The molecular formula is C16H23Cl2N2O+. The molecule has 0 bridgehead atoms. The number of nitrogens with two attached hydrogens (primary N) is 1. The Morgan fingerprint density at radius 3 is 2.48 bits per heavy atom. The topological polar surface area (TPSA) is 45.7 Å². The predicted molar refractivity (Wildman–Crippen MR) is 88.0 cm³/mol. The van der Waals surface area contributed by atoms with Crippen molar-refractivity contribution in [3.05, 3.63) is 28.2 Å². The number of hydrogen-bond acceptors (Lipinski definition) is 1. The van der Waals surface area contributed by atoms with E-state index in [0.29, 0.717) is 28.3 Å². The van der Waals surface area contributed by atoms with Crippen LogP contribution in [0.2, 0.25) is 10.0 Å². The molecule has 0 aliphatic heterocycles. The number of carbonyl (C=O) groups excluding carboxylic acids is 1. The highest BCUT2D eigenvalue weighted by Crippen LogP contribution is 2.25. The number of amides is 1. The van der Waals surface area contributed by atoms with Gasteiger partial charge < -0.3 is 10.6 Å². The Morgan fingerprint density at radius 1 is 1.14 bits per heavy atom. The zero-order chi connectivity index (χ0) is 15.1. The highest BCUT2D eigenvalue weighted by molar-refractivity contribution is 6.36. The minimum absolute atomic E-state index is 0.0127. The minimum Gasteiger partial charge on any atom is -0.336 e. The van der Waals surface area contributed by atoms with Crippen molar-refractivity contribution in [1.82, 2.24) is 0 Å². The Labute approximate surface area is 136 Å².